The van der Waals surface area contributed by atoms with Crippen LogP contribution in [-0.2, 0) is 14.8 Å². The molecule has 0 heterocycles. The van der Waals surface area contributed by atoms with E-state index in [0.717, 1.165) is 22.3 Å². The Hall–Kier alpha value is -2.34. The molecule has 2 rings (SSSR count). The Morgan fingerprint density at radius 2 is 1.69 bits per heavy atom. The minimum absolute atomic E-state index is 0.0778. The summed E-state index contributed by atoms with van der Waals surface area (Å²) in [5, 5.41) is 3.02. The minimum Gasteiger partial charge on any atom is -0.350 e. The number of hydrogen-bond donors (Lipinski definition) is 1. The lowest BCUT2D eigenvalue weighted by molar-refractivity contribution is -0.121. The summed E-state index contributed by atoms with van der Waals surface area (Å²) in [5.74, 6) is -0.0778. The van der Waals surface area contributed by atoms with Crippen LogP contribution in [-0.4, -0.2) is 27.1 Å². The molecule has 0 radical (unpaired) electrons. The van der Waals surface area contributed by atoms with Crippen molar-refractivity contribution >= 4 is 21.6 Å². The van der Waals surface area contributed by atoms with Crippen LogP contribution in [0, 0.1) is 27.7 Å². The van der Waals surface area contributed by atoms with Gasteiger partial charge in [-0.1, -0.05) is 29.8 Å². The Kier molecular flexibility index (Phi) is 7.47. The van der Waals surface area contributed by atoms with Crippen molar-refractivity contribution in [2.75, 3.05) is 17.1 Å². The van der Waals surface area contributed by atoms with E-state index in [0.29, 0.717) is 12.1 Å². The number of nitrogens with zero attached hydrogens (tertiary/aromatic N) is 1. The van der Waals surface area contributed by atoms with Crippen LogP contribution in [0.1, 0.15) is 53.6 Å². The number of sulfonamides is 1. The molecule has 1 N–H and O–H groups in total. The lowest BCUT2D eigenvalue weighted by Gasteiger charge is -2.23. The minimum atomic E-state index is -3.42. The number of aryl methyl sites for hydroxylation is 4. The number of amides is 1. The van der Waals surface area contributed by atoms with Crippen LogP contribution in [0.15, 0.2) is 36.4 Å². The van der Waals surface area contributed by atoms with Crippen molar-refractivity contribution in [2.45, 2.75) is 53.5 Å². The van der Waals surface area contributed by atoms with Gasteiger partial charge >= 0.3 is 0 Å². The van der Waals surface area contributed by atoms with Gasteiger partial charge in [0.2, 0.25) is 15.9 Å². The first-order valence-electron chi connectivity index (χ1n) is 9.90. The molecule has 0 saturated heterocycles. The van der Waals surface area contributed by atoms with Crippen LogP contribution < -0.4 is 9.62 Å². The first kappa shape index (κ1) is 22.9. The molecule has 0 unspecified atom stereocenters. The third kappa shape index (κ3) is 6.32. The maximum Gasteiger partial charge on any atom is 0.232 e. The fourth-order valence-electron chi connectivity index (χ4n) is 3.45. The highest BCUT2D eigenvalue weighted by atomic mass is 32.2. The Morgan fingerprint density at radius 1 is 1.00 bits per heavy atom. The van der Waals surface area contributed by atoms with Gasteiger partial charge in [-0.05, 0) is 75.4 Å². The van der Waals surface area contributed by atoms with Crippen molar-refractivity contribution in [2.24, 2.45) is 0 Å². The van der Waals surface area contributed by atoms with Crippen molar-refractivity contribution in [3.8, 4) is 0 Å². The van der Waals surface area contributed by atoms with Crippen LogP contribution in [0.2, 0.25) is 0 Å². The smallest absolute Gasteiger partial charge is 0.232 e. The largest absolute Gasteiger partial charge is 0.350 e. The van der Waals surface area contributed by atoms with Gasteiger partial charge in [-0.2, -0.15) is 0 Å². The third-order valence-corrected chi connectivity index (χ3v) is 6.41. The molecule has 6 heteroatoms. The second kappa shape index (κ2) is 9.44. The number of carbonyl (C=O) groups excluding carboxylic acids is 1. The highest BCUT2D eigenvalue weighted by molar-refractivity contribution is 7.92. The van der Waals surface area contributed by atoms with E-state index >= 15 is 0 Å². The average Bonchev–Trinajstić information content (AvgIpc) is 2.60. The van der Waals surface area contributed by atoms with Gasteiger partial charge in [0.25, 0.3) is 0 Å². The van der Waals surface area contributed by atoms with E-state index in [-0.39, 0.29) is 24.9 Å². The van der Waals surface area contributed by atoms with Gasteiger partial charge in [-0.3, -0.25) is 9.10 Å². The standard InChI is InChI=1S/C23H32N2O3S/c1-16-9-12-22(19(4)14-16)20(5)24-23(26)8-7-13-25(29(6,27)28)21-11-10-17(2)18(3)15-21/h9-12,14-15,20H,7-8,13H2,1-6H3,(H,24,26)/t20-/m0/s1. The molecule has 0 spiro atoms. The fraction of sp³-hybridized carbons (Fsp3) is 0.435. The van der Waals surface area contributed by atoms with Crippen LogP contribution in [0.5, 0.6) is 0 Å². The second-order valence-corrected chi connectivity index (χ2v) is 9.76. The molecule has 0 aliphatic carbocycles. The summed E-state index contributed by atoms with van der Waals surface area (Å²) < 4.78 is 25.9. The molecular formula is C23H32N2O3S. The number of hydrogen-bond acceptors (Lipinski definition) is 3. The molecule has 5 nitrogen and oxygen atoms in total. The molecular weight excluding hydrogens is 384 g/mol. The molecule has 1 amide bonds. The van der Waals surface area contributed by atoms with E-state index in [2.05, 4.69) is 11.4 Å². The van der Waals surface area contributed by atoms with Gasteiger partial charge < -0.3 is 5.32 Å². The fourth-order valence-corrected chi connectivity index (χ4v) is 4.41. The molecule has 0 fully saturated rings. The van der Waals surface area contributed by atoms with E-state index in [9.17, 15) is 13.2 Å². The summed E-state index contributed by atoms with van der Waals surface area (Å²) in [6.45, 7) is 10.3. The van der Waals surface area contributed by atoms with Gasteiger partial charge in [-0.15, -0.1) is 0 Å². The number of carbonyl (C=O) groups is 1. The predicted molar refractivity (Wildman–Crippen MR) is 120 cm³/mol. The van der Waals surface area contributed by atoms with Gasteiger partial charge in [0.05, 0.1) is 18.0 Å². The molecule has 29 heavy (non-hydrogen) atoms. The number of rotatable bonds is 8. The van der Waals surface area contributed by atoms with Crippen LogP contribution in [0.3, 0.4) is 0 Å². The van der Waals surface area contributed by atoms with E-state index < -0.39 is 10.0 Å². The zero-order valence-electron chi connectivity index (χ0n) is 18.2. The Bertz CT molecular complexity index is 984. The molecule has 0 bridgehead atoms. The SMILES string of the molecule is Cc1ccc([C@H](C)NC(=O)CCCN(c2ccc(C)c(C)c2)S(C)(=O)=O)c(C)c1. The highest BCUT2D eigenvalue weighted by Gasteiger charge is 2.18. The molecule has 158 valence electrons. The zero-order chi connectivity index (χ0) is 21.8. The summed E-state index contributed by atoms with van der Waals surface area (Å²) in [6, 6.07) is 11.7. The normalized spacial score (nSPS) is 12.5. The first-order valence-corrected chi connectivity index (χ1v) is 11.8. The summed E-state index contributed by atoms with van der Waals surface area (Å²) in [6.07, 6.45) is 1.92. The second-order valence-electron chi connectivity index (χ2n) is 7.86. The van der Waals surface area contributed by atoms with E-state index in [4.69, 9.17) is 0 Å². The Morgan fingerprint density at radius 3 is 2.28 bits per heavy atom. The molecule has 0 aromatic heterocycles. The van der Waals surface area contributed by atoms with Crippen LogP contribution >= 0.6 is 0 Å². The molecule has 2 aromatic rings. The van der Waals surface area contributed by atoms with Crippen molar-refractivity contribution in [3.05, 3.63) is 64.2 Å². The average molecular weight is 417 g/mol. The summed E-state index contributed by atoms with van der Waals surface area (Å²) in [4.78, 5) is 12.4. The van der Waals surface area contributed by atoms with Gasteiger partial charge in [0, 0.05) is 13.0 Å². The quantitative estimate of drug-likeness (QED) is 0.696. The number of benzene rings is 2. The number of nitrogens with one attached hydrogen (secondary N) is 1. The molecule has 0 aliphatic heterocycles. The molecule has 0 saturated carbocycles. The van der Waals surface area contributed by atoms with E-state index in [1.54, 1.807) is 0 Å². The maximum absolute atomic E-state index is 12.4. The monoisotopic (exact) mass is 416 g/mol. The van der Waals surface area contributed by atoms with E-state index in [1.807, 2.05) is 65.0 Å². The van der Waals surface area contributed by atoms with Crippen molar-refractivity contribution in [1.82, 2.24) is 5.32 Å². The topological polar surface area (TPSA) is 66.5 Å². The molecule has 0 aliphatic rings. The molecule has 1 atom stereocenters. The van der Waals surface area contributed by atoms with Crippen molar-refractivity contribution < 1.29 is 13.2 Å². The lowest BCUT2D eigenvalue weighted by Crippen LogP contribution is -2.32. The third-order valence-electron chi connectivity index (χ3n) is 5.21. The van der Waals surface area contributed by atoms with Crippen molar-refractivity contribution in [1.29, 1.82) is 0 Å². The van der Waals surface area contributed by atoms with Crippen molar-refractivity contribution in [3.63, 3.8) is 0 Å². The maximum atomic E-state index is 12.4. The van der Waals surface area contributed by atoms with Gasteiger partial charge in [-0.25, -0.2) is 8.42 Å². The lowest BCUT2D eigenvalue weighted by atomic mass is 10.00. The summed E-state index contributed by atoms with van der Waals surface area (Å²) >= 11 is 0. The Balaban J connectivity index is 1.98. The molecule has 2 aromatic carbocycles. The Labute approximate surface area is 175 Å². The van der Waals surface area contributed by atoms with Gasteiger partial charge in [0.1, 0.15) is 0 Å². The van der Waals surface area contributed by atoms with Crippen LogP contribution in [0.4, 0.5) is 5.69 Å². The predicted octanol–water partition coefficient (Wildman–Crippen LogP) is 4.34. The van der Waals surface area contributed by atoms with Gasteiger partial charge in [0.15, 0.2) is 0 Å². The highest BCUT2D eigenvalue weighted by Crippen LogP contribution is 2.22. The first-order chi connectivity index (χ1) is 13.5. The summed E-state index contributed by atoms with van der Waals surface area (Å²) in [5.41, 5.74) is 6.22. The van der Waals surface area contributed by atoms with E-state index in [1.165, 1.54) is 16.1 Å². The zero-order valence-corrected chi connectivity index (χ0v) is 19.1. The number of anilines is 1. The summed E-state index contributed by atoms with van der Waals surface area (Å²) in [7, 11) is -3.42. The van der Waals surface area contributed by atoms with Crippen LogP contribution in [0.25, 0.3) is 0 Å².